The van der Waals surface area contributed by atoms with Crippen LogP contribution < -0.4 is 4.90 Å². The molecule has 1 aromatic carbocycles. The highest BCUT2D eigenvalue weighted by Gasteiger charge is 2.22. The first kappa shape index (κ1) is 16.0. The van der Waals surface area contributed by atoms with E-state index in [0.717, 1.165) is 19.5 Å². The zero-order valence-electron chi connectivity index (χ0n) is 14.1. The van der Waals surface area contributed by atoms with Gasteiger partial charge in [0, 0.05) is 26.6 Å². The molecule has 1 aromatic heterocycles. The number of aryl methyl sites for hydroxylation is 1. The Labute approximate surface area is 138 Å². The average Bonchev–Trinajstić information content (AvgIpc) is 3.07. The van der Waals surface area contributed by atoms with E-state index in [-0.39, 0.29) is 0 Å². The van der Waals surface area contributed by atoms with Crippen LogP contribution in [-0.4, -0.2) is 41.7 Å². The molecule has 2 heterocycles. The number of hydrogen-bond donors (Lipinski definition) is 0. The normalized spacial score (nSPS) is 16.6. The molecule has 0 bridgehead atoms. The SMILES string of the molecule is CCc1nc(N(C)CC2CCN(Cc3ccccc3)CC2)no1. The van der Waals surface area contributed by atoms with Gasteiger partial charge >= 0.3 is 0 Å². The lowest BCUT2D eigenvalue weighted by atomic mass is 9.96. The number of hydrogen-bond acceptors (Lipinski definition) is 5. The van der Waals surface area contributed by atoms with Gasteiger partial charge in [-0.15, -0.1) is 0 Å². The molecular weight excluding hydrogens is 288 g/mol. The molecule has 1 fully saturated rings. The molecule has 0 unspecified atom stereocenters. The van der Waals surface area contributed by atoms with Crippen LogP contribution in [0.5, 0.6) is 0 Å². The van der Waals surface area contributed by atoms with E-state index in [9.17, 15) is 0 Å². The van der Waals surface area contributed by atoms with Gasteiger partial charge in [-0.3, -0.25) is 4.90 Å². The maximum Gasteiger partial charge on any atom is 0.265 e. The van der Waals surface area contributed by atoms with Crippen LogP contribution in [0.1, 0.15) is 31.2 Å². The van der Waals surface area contributed by atoms with Crippen molar-refractivity contribution in [2.24, 2.45) is 5.92 Å². The van der Waals surface area contributed by atoms with E-state index in [2.05, 4.69) is 57.3 Å². The summed E-state index contributed by atoms with van der Waals surface area (Å²) in [5.41, 5.74) is 1.40. The molecule has 0 N–H and O–H groups in total. The van der Waals surface area contributed by atoms with Crippen LogP contribution in [0.4, 0.5) is 5.95 Å². The third kappa shape index (κ3) is 4.32. The van der Waals surface area contributed by atoms with Crippen molar-refractivity contribution in [3.63, 3.8) is 0 Å². The number of aromatic nitrogens is 2. The fourth-order valence-corrected chi connectivity index (χ4v) is 3.18. The maximum absolute atomic E-state index is 5.20. The van der Waals surface area contributed by atoms with Crippen molar-refractivity contribution < 1.29 is 4.52 Å². The van der Waals surface area contributed by atoms with Crippen molar-refractivity contribution in [3.8, 4) is 0 Å². The first-order chi connectivity index (χ1) is 11.2. The molecule has 1 aliphatic rings. The number of nitrogens with zero attached hydrogens (tertiary/aromatic N) is 4. The van der Waals surface area contributed by atoms with Crippen molar-refractivity contribution in [1.29, 1.82) is 0 Å². The third-order valence-corrected chi connectivity index (χ3v) is 4.59. The Morgan fingerprint density at radius 2 is 1.96 bits per heavy atom. The molecule has 1 saturated heterocycles. The quantitative estimate of drug-likeness (QED) is 0.820. The van der Waals surface area contributed by atoms with E-state index in [1.165, 1.54) is 31.5 Å². The van der Waals surface area contributed by atoms with E-state index in [4.69, 9.17) is 4.52 Å². The lowest BCUT2D eigenvalue weighted by Gasteiger charge is -2.33. The first-order valence-electron chi connectivity index (χ1n) is 8.54. The second-order valence-electron chi connectivity index (χ2n) is 6.43. The molecule has 5 nitrogen and oxygen atoms in total. The topological polar surface area (TPSA) is 45.4 Å². The molecule has 0 amide bonds. The molecule has 2 aromatic rings. The minimum Gasteiger partial charge on any atom is -0.341 e. The van der Waals surface area contributed by atoms with E-state index >= 15 is 0 Å². The molecule has 124 valence electrons. The summed E-state index contributed by atoms with van der Waals surface area (Å²) in [7, 11) is 2.06. The molecule has 3 rings (SSSR count). The standard InChI is InChI=1S/C18H26N4O/c1-3-17-19-18(20-23-17)21(2)13-16-9-11-22(12-10-16)14-15-7-5-4-6-8-15/h4-8,16H,3,9-14H2,1-2H3. The highest BCUT2D eigenvalue weighted by atomic mass is 16.5. The number of anilines is 1. The zero-order chi connectivity index (χ0) is 16.1. The molecule has 0 spiro atoms. The van der Waals surface area contributed by atoms with Crippen LogP contribution in [0.2, 0.25) is 0 Å². The lowest BCUT2D eigenvalue weighted by Crippen LogP contribution is -2.37. The second-order valence-corrected chi connectivity index (χ2v) is 6.43. The summed E-state index contributed by atoms with van der Waals surface area (Å²) >= 11 is 0. The summed E-state index contributed by atoms with van der Waals surface area (Å²) < 4.78 is 5.20. The third-order valence-electron chi connectivity index (χ3n) is 4.59. The number of likely N-dealkylation sites (tertiary alicyclic amines) is 1. The van der Waals surface area contributed by atoms with E-state index in [1.807, 2.05) is 6.92 Å². The maximum atomic E-state index is 5.20. The molecule has 0 atom stereocenters. The predicted molar refractivity (Wildman–Crippen MR) is 91.4 cm³/mol. The minimum atomic E-state index is 0.704. The summed E-state index contributed by atoms with van der Waals surface area (Å²) in [6, 6.07) is 10.7. The number of benzene rings is 1. The predicted octanol–water partition coefficient (Wildman–Crippen LogP) is 2.98. The van der Waals surface area contributed by atoms with Crippen LogP contribution in [0.3, 0.4) is 0 Å². The zero-order valence-corrected chi connectivity index (χ0v) is 14.1. The summed E-state index contributed by atoms with van der Waals surface area (Å²) in [4.78, 5) is 9.08. The summed E-state index contributed by atoms with van der Waals surface area (Å²) in [5.74, 6) is 2.13. The van der Waals surface area contributed by atoms with Crippen LogP contribution in [0.15, 0.2) is 34.9 Å². The van der Waals surface area contributed by atoms with Crippen LogP contribution in [0, 0.1) is 5.92 Å². The van der Waals surface area contributed by atoms with Gasteiger partial charge in [0.1, 0.15) is 0 Å². The molecule has 0 saturated carbocycles. The second kappa shape index (κ2) is 7.59. The Morgan fingerprint density at radius 1 is 1.22 bits per heavy atom. The minimum absolute atomic E-state index is 0.704. The van der Waals surface area contributed by atoms with Crippen LogP contribution in [-0.2, 0) is 13.0 Å². The van der Waals surface area contributed by atoms with Gasteiger partial charge in [-0.2, -0.15) is 4.98 Å². The Morgan fingerprint density at radius 3 is 2.61 bits per heavy atom. The number of rotatable bonds is 6. The molecule has 0 aliphatic carbocycles. The highest BCUT2D eigenvalue weighted by molar-refractivity contribution is 5.25. The summed E-state index contributed by atoms with van der Waals surface area (Å²) in [5, 5.41) is 4.05. The molecule has 0 radical (unpaired) electrons. The molecular formula is C18H26N4O. The Balaban J connectivity index is 1.45. The van der Waals surface area contributed by atoms with Gasteiger partial charge in [-0.05, 0) is 42.6 Å². The van der Waals surface area contributed by atoms with Crippen molar-refractivity contribution in [2.75, 3.05) is 31.6 Å². The van der Waals surface area contributed by atoms with Gasteiger partial charge in [-0.25, -0.2) is 0 Å². The molecule has 1 aliphatic heterocycles. The van der Waals surface area contributed by atoms with Crippen LogP contribution >= 0.6 is 0 Å². The largest absolute Gasteiger partial charge is 0.341 e. The Bertz CT molecular complexity index is 590. The number of piperidine rings is 1. The average molecular weight is 314 g/mol. The summed E-state index contributed by atoms with van der Waals surface area (Å²) in [6.07, 6.45) is 3.25. The van der Waals surface area contributed by atoms with E-state index in [1.54, 1.807) is 0 Å². The van der Waals surface area contributed by atoms with E-state index in [0.29, 0.717) is 17.8 Å². The van der Waals surface area contributed by atoms with E-state index < -0.39 is 0 Å². The Hall–Kier alpha value is -1.88. The van der Waals surface area contributed by atoms with Crippen molar-refractivity contribution in [2.45, 2.75) is 32.7 Å². The van der Waals surface area contributed by atoms with Crippen molar-refractivity contribution >= 4 is 5.95 Å². The van der Waals surface area contributed by atoms with Gasteiger partial charge in [0.25, 0.3) is 5.95 Å². The van der Waals surface area contributed by atoms with Crippen molar-refractivity contribution in [3.05, 3.63) is 41.8 Å². The van der Waals surface area contributed by atoms with Crippen molar-refractivity contribution in [1.82, 2.24) is 15.0 Å². The molecule has 23 heavy (non-hydrogen) atoms. The van der Waals surface area contributed by atoms with Gasteiger partial charge in [0.15, 0.2) is 0 Å². The summed E-state index contributed by atoms with van der Waals surface area (Å²) in [6.45, 7) is 6.43. The first-order valence-corrected chi connectivity index (χ1v) is 8.54. The van der Waals surface area contributed by atoms with Gasteiger partial charge in [0.2, 0.25) is 5.89 Å². The fourth-order valence-electron chi connectivity index (χ4n) is 3.18. The lowest BCUT2D eigenvalue weighted by molar-refractivity contribution is 0.179. The molecule has 5 heteroatoms. The fraction of sp³-hybridized carbons (Fsp3) is 0.556. The van der Waals surface area contributed by atoms with Gasteiger partial charge in [-0.1, -0.05) is 37.3 Å². The van der Waals surface area contributed by atoms with Crippen LogP contribution in [0.25, 0.3) is 0 Å². The smallest absolute Gasteiger partial charge is 0.265 e. The monoisotopic (exact) mass is 314 g/mol. The van der Waals surface area contributed by atoms with Gasteiger partial charge < -0.3 is 9.42 Å². The highest BCUT2D eigenvalue weighted by Crippen LogP contribution is 2.21. The Kier molecular flexibility index (Phi) is 5.28. The van der Waals surface area contributed by atoms with Gasteiger partial charge in [0.05, 0.1) is 0 Å².